The highest BCUT2D eigenvalue weighted by molar-refractivity contribution is 5.63. The van der Waals surface area contributed by atoms with Crippen molar-refractivity contribution in [3.63, 3.8) is 0 Å². The van der Waals surface area contributed by atoms with Crippen LogP contribution in [0.5, 0.6) is 5.75 Å². The summed E-state index contributed by atoms with van der Waals surface area (Å²) < 4.78 is 47.2. The van der Waals surface area contributed by atoms with Crippen molar-refractivity contribution >= 4 is 0 Å². The van der Waals surface area contributed by atoms with Gasteiger partial charge >= 0.3 is 6.18 Å². The van der Waals surface area contributed by atoms with Crippen LogP contribution in [0.15, 0.2) is 60.7 Å². The van der Waals surface area contributed by atoms with Gasteiger partial charge in [0, 0.05) is 24.7 Å². The maximum Gasteiger partial charge on any atom is 0.435 e. The molecule has 0 N–H and O–H groups in total. The summed E-state index contributed by atoms with van der Waals surface area (Å²) in [5, 5.41) is 3.84. The molecule has 1 aromatic heterocycles. The lowest BCUT2D eigenvalue weighted by atomic mass is 10.1. The van der Waals surface area contributed by atoms with Crippen molar-refractivity contribution in [2.75, 3.05) is 40.3 Å². The Bertz CT molecular complexity index is 1030. The largest absolute Gasteiger partial charge is 0.494 e. The molecule has 8 heteroatoms. The second-order valence-corrected chi connectivity index (χ2v) is 8.59. The predicted octanol–water partition coefficient (Wildman–Crippen LogP) is 4.96. The molecule has 0 bridgehead atoms. The Balaban J connectivity index is 1.39. The lowest BCUT2D eigenvalue weighted by Crippen LogP contribution is -2.32. The van der Waals surface area contributed by atoms with E-state index in [1.165, 1.54) is 11.1 Å². The molecule has 1 fully saturated rings. The van der Waals surface area contributed by atoms with Crippen LogP contribution < -0.4 is 4.74 Å². The van der Waals surface area contributed by atoms with Crippen molar-refractivity contribution in [3.05, 3.63) is 66.4 Å². The normalized spacial score (nSPS) is 17.1. The van der Waals surface area contributed by atoms with Gasteiger partial charge in [0.1, 0.15) is 5.75 Å². The van der Waals surface area contributed by atoms with Crippen LogP contribution in [0.1, 0.15) is 18.5 Å². The fourth-order valence-corrected chi connectivity index (χ4v) is 4.13. The van der Waals surface area contributed by atoms with E-state index < -0.39 is 11.9 Å². The SMILES string of the molecule is CN(C)C1CCN(CCCOc2ccc(-n3nc(C(F)(F)F)cc3-c3ccccc3)cc2)C1. The van der Waals surface area contributed by atoms with E-state index in [0.29, 0.717) is 35.3 Å². The van der Waals surface area contributed by atoms with Gasteiger partial charge in [-0.2, -0.15) is 18.3 Å². The number of hydrogen-bond acceptors (Lipinski definition) is 4. The zero-order chi connectivity index (χ0) is 23.4. The lowest BCUT2D eigenvalue weighted by Gasteiger charge is -2.20. The van der Waals surface area contributed by atoms with Gasteiger partial charge in [-0.3, -0.25) is 0 Å². The number of hydrogen-bond donors (Lipinski definition) is 0. The molecule has 1 aliphatic rings. The molecule has 0 spiro atoms. The van der Waals surface area contributed by atoms with Crippen LogP contribution in [0.3, 0.4) is 0 Å². The summed E-state index contributed by atoms with van der Waals surface area (Å²) >= 11 is 0. The van der Waals surface area contributed by atoms with E-state index >= 15 is 0 Å². The molecule has 176 valence electrons. The Morgan fingerprint density at radius 1 is 1.06 bits per heavy atom. The molecule has 0 radical (unpaired) electrons. The number of benzene rings is 2. The molecule has 5 nitrogen and oxygen atoms in total. The molecule has 2 aromatic carbocycles. The number of rotatable bonds is 8. The lowest BCUT2D eigenvalue weighted by molar-refractivity contribution is -0.141. The molecule has 33 heavy (non-hydrogen) atoms. The van der Waals surface area contributed by atoms with Gasteiger partial charge in [-0.25, -0.2) is 4.68 Å². The van der Waals surface area contributed by atoms with E-state index in [2.05, 4.69) is 29.0 Å². The van der Waals surface area contributed by atoms with Crippen LogP contribution in [-0.4, -0.2) is 66.0 Å². The number of aromatic nitrogens is 2. The van der Waals surface area contributed by atoms with Gasteiger partial charge in [-0.15, -0.1) is 0 Å². The number of ether oxygens (including phenoxy) is 1. The third-order valence-electron chi connectivity index (χ3n) is 6.02. The van der Waals surface area contributed by atoms with Crippen molar-refractivity contribution in [1.82, 2.24) is 19.6 Å². The van der Waals surface area contributed by atoms with Crippen molar-refractivity contribution in [2.45, 2.75) is 25.1 Å². The highest BCUT2D eigenvalue weighted by Crippen LogP contribution is 2.33. The quantitative estimate of drug-likeness (QED) is 0.447. The summed E-state index contributed by atoms with van der Waals surface area (Å²) in [5.41, 5.74) is 0.682. The topological polar surface area (TPSA) is 33.5 Å². The Kier molecular flexibility index (Phi) is 7.05. The van der Waals surface area contributed by atoms with Gasteiger partial charge in [0.2, 0.25) is 0 Å². The molecular weight excluding hydrogens is 429 g/mol. The van der Waals surface area contributed by atoms with E-state index in [0.717, 1.165) is 32.1 Å². The van der Waals surface area contributed by atoms with E-state index in [1.54, 1.807) is 48.5 Å². The minimum atomic E-state index is -4.51. The standard InChI is InChI=1S/C25H29F3N4O/c1-30(2)21-13-15-31(18-21)14-6-16-33-22-11-9-20(10-12-22)32-23(19-7-4-3-5-8-19)17-24(29-32)25(26,27)28/h3-5,7-12,17,21H,6,13-16,18H2,1-2H3. The van der Waals surface area contributed by atoms with E-state index in [9.17, 15) is 13.2 Å². The van der Waals surface area contributed by atoms with Crippen molar-refractivity contribution in [2.24, 2.45) is 0 Å². The van der Waals surface area contributed by atoms with E-state index in [1.807, 2.05) is 6.07 Å². The fraction of sp³-hybridized carbons (Fsp3) is 0.400. The molecule has 1 saturated heterocycles. The second kappa shape index (κ2) is 9.97. The molecule has 0 amide bonds. The minimum Gasteiger partial charge on any atom is -0.494 e. The summed E-state index contributed by atoms with van der Waals surface area (Å²) in [6.45, 7) is 3.80. The molecule has 1 atom stereocenters. The summed E-state index contributed by atoms with van der Waals surface area (Å²) in [7, 11) is 4.24. The average Bonchev–Trinajstić information content (AvgIpc) is 3.46. The molecule has 0 saturated carbocycles. The van der Waals surface area contributed by atoms with Gasteiger partial charge in [-0.1, -0.05) is 30.3 Å². The Labute approximate surface area is 192 Å². The van der Waals surface area contributed by atoms with Gasteiger partial charge in [-0.05, 0) is 63.8 Å². The average molecular weight is 459 g/mol. The fourth-order valence-electron chi connectivity index (χ4n) is 4.13. The molecule has 3 aromatic rings. The van der Waals surface area contributed by atoms with Crippen LogP contribution in [0, 0.1) is 0 Å². The summed E-state index contributed by atoms with van der Waals surface area (Å²) in [6.07, 6.45) is -2.39. The van der Waals surface area contributed by atoms with E-state index in [4.69, 9.17) is 4.74 Å². The van der Waals surface area contributed by atoms with Crippen LogP contribution in [0.25, 0.3) is 16.9 Å². The third-order valence-corrected chi connectivity index (χ3v) is 6.02. The maximum atomic E-state index is 13.3. The van der Waals surface area contributed by atoms with Crippen LogP contribution in [-0.2, 0) is 6.18 Å². The number of likely N-dealkylation sites (tertiary alicyclic amines) is 1. The smallest absolute Gasteiger partial charge is 0.435 e. The Morgan fingerprint density at radius 3 is 2.42 bits per heavy atom. The first kappa shape index (κ1) is 23.3. The zero-order valence-electron chi connectivity index (χ0n) is 18.9. The van der Waals surface area contributed by atoms with Gasteiger partial charge in [0.25, 0.3) is 0 Å². The summed E-state index contributed by atoms with van der Waals surface area (Å²) in [5.74, 6) is 0.691. The second-order valence-electron chi connectivity index (χ2n) is 8.59. The number of nitrogens with zero attached hydrogens (tertiary/aromatic N) is 4. The monoisotopic (exact) mass is 458 g/mol. The van der Waals surface area contributed by atoms with Gasteiger partial charge < -0.3 is 14.5 Å². The molecule has 0 aliphatic carbocycles. The van der Waals surface area contributed by atoms with E-state index in [-0.39, 0.29) is 0 Å². The van der Waals surface area contributed by atoms with Crippen LogP contribution in [0.4, 0.5) is 13.2 Å². The molecule has 2 heterocycles. The van der Waals surface area contributed by atoms with Crippen molar-refractivity contribution in [1.29, 1.82) is 0 Å². The van der Waals surface area contributed by atoms with Crippen LogP contribution in [0.2, 0.25) is 0 Å². The molecular formula is C25H29F3N4O. The number of halogens is 3. The Morgan fingerprint density at radius 2 is 1.79 bits per heavy atom. The first-order chi connectivity index (χ1) is 15.8. The number of alkyl halides is 3. The number of likely N-dealkylation sites (N-methyl/N-ethyl adjacent to an activating group) is 1. The predicted molar refractivity (Wildman–Crippen MR) is 123 cm³/mol. The van der Waals surface area contributed by atoms with Crippen molar-refractivity contribution in [3.8, 4) is 22.7 Å². The summed E-state index contributed by atoms with van der Waals surface area (Å²) in [4.78, 5) is 4.73. The van der Waals surface area contributed by atoms with Crippen LogP contribution >= 0.6 is 0 Å². The third kappa shape index (κ3) is 5.75. The molecule has 4 rings (SSSR count). The van der Waals surface area contributed by atoms with Gasteiger partial charge in [0.05, 0.1) is 18.0 Å². The highest BCUT2D eigenvalue weighted by Gasteiger charge is 2.35. The minimum absolute atomic E-state index is 0.387. The highest BCUT2D eigenvalue weighted by atomic mass is 19.4. The Hall–Kier alpha value is -2.84. The molecule has 1 aliphatic heterocycles. The first-order valence-corrected chi connectivity index (χ1v) is 11.2. The van der Waals surface area contributed by atoms with Crippen molar-refractivity contribution < 1.29 is 17.9 Å². The maximum absolute atomic E-state index is 13.3. The summed E-state index contributed by atoms with van der Waals surface area (Å²) in [6, 6.07) is 17.7. The first-order valence-electron chi connectivity index (χ1n) is 11.2. The molecule has 1 unspecified atom stereocenters. The zero-order valence-corrected chi connectivity index (χ0v) is 18.9. The van der Waals surface area contributed by atoms with Gasteiger partial charge in [0.15, 0.2) is 5.69 Å².